The van der Waals surface area contributed by atoms with Crippen LogP contribution in [0.4, 0.5) is 13.2 Å². The second kappa shape index (κ2) is 6.84. The number of aromatic nitrogens is 2. The summed E-state index contributed by atoms with van der Waals surface area (Å²) in [7, 11) is 2.38. The number of carbonyl (C=O) groups is 1. The van der Waals surface area contributed by atoms with E-state index in [-0.39, 0.29) is 5.03 Å². The van der Waals surface area contributed by atoms with E-state index < -0.39 is 23.4 Å². The molecule has 0 bridgehead atoms. The first-order valence-electron chi connectivity index (χ1n) is 6.33. The average molecular weight is 365 g/mol. The highest BCUT2D eigenvalue weighted by Gasteiger charge is 2.41. The maximum Gasteiger partial charge on any atom is 0.436 e. The number of nitrogens with zero attached hydrogens (tertiary/aromatic N) is 2. The lowest BCUT2D eigenvalue weighted by Crippen LogP contribution is -2.13. The molecule has 9 heteroatoms. The molecule has 2 rings (SSSR count). The predicted octanol–water partition coefficient (Wildman–Crippen LogP) is 4.17. The quantitative estimate of drug-likeness (QED) is 0.603. The summed E-state index contributed by atoms with van der Waals surface area (Å²) < 4.78 is 44.6. The van der Waals surface area contributed by atoms with Gasteiger partial charge in [0.05, 0.1) is 7.11 Å². The van der Waals surface area contributed by atoms with Crippen LogP contribution in [0.5, 0.6) is 0 Å². The topological polar surface area (TPSA) is 44.1 Å². The van der Waals surface area contributed by atoms with Gasteiger partial charge in [-0.15, -0.1) is 11.8 Å². The van der Waals surface area contributed by atoms with Gasteiger partial charge >= 0.3 is 12.1 Å². The first-order valence-corrected chi connectivity index (χ1v) is 7.70. The molecule has 2 aromatic rings. The van der Waals surface area contributed by atoms with Gasteiger partial charge in [0.15, 0.2) is 5.69 Å². The number of alkyl halides is 3. The molecular weight excluding hydrogens is 353 g/mol. The van der Waals surface area contributed by atoms with Crippen molar-refractivity contribution in [2.24, 2.45) is 7.05 Å². The Balaban J connectivity index is 2.35. The smallest absolute Gasteiger partial charge is 0.436 e. The second-order valence-corrected chi connectivity index (χ2v) is 5.96. The SMILES string of the molecule is COC(=O)c1c(C(F)(F)F)nn(C)c1SCc1ccc(Cl)cc1. The molecule has 0 fully saturated rings. The lowest BCUT2D eigenvalue weighted by Gasteiger charge is -2.07. The predicted molar refractivity (Wildman–Crippen MR) is 80.6 cm³/mol. The third-order valence-electron chi connectivity index (χ3n) is 2.94. The molecule has 0 aliphatic carbocycles. The van der Waals surface area contributed by atoms with Crippen LogP contribution in [0, 0.1) is 0 Å². The van der Waals surface area contributed by atoms with Crippen LogP contribution < -0.4 is 0 Å². The summed E-state index contributed by atoms with van der Waals surface area (Å²) in [5, 5.41) is 4.09. The van der Waals surface area contributed by atoms with E-state index in [1.54, 1.807) is 24.3 Å². The van der Waals surface area contributed by atoms with Crippen molar-refractivity contribution in [3.05, 3.63) is 46.1 Å². The Labute approximate surface area is 139 Å². The highest BCUT2D eigenvalue weighted by Crippen LogP contribution is 2.37. The van der Waals surface area contributed by atoms with Gasteiger partial charge in [0.25, 0.3) is 0 Å². The highest BCUT2D eigenvalue weighted by molar-refractivity contribution is 7.98. The largest absolute Gasteiger partial charge is 0.465 e. The van der Waals surface area contributed by atoms with Crippen LogP contribution in [0.15, 0.2) is 29.3 Å². The van der Waals surface area contributed by atoms with Gasteiger partial charge in [0.2, 0.25) is 0 Å². The molecule has 0 unspecified atom stereocenters. The Bertz CT molecular complexity index is 714. The fourth-order valence-corrected chi connectivity index (χ4v) is 3.06. The molecule has 0 saturated heterocycles. The van der Waals surface area contributed by atoms with Crippen LogP contribution >= 0.6 is 23.4 Å². The number of benzene rings is 1. The number of hydrogen-bond acceptors (Lipinski definition) is 4. The molecule has 0 radical (unpaired) electrons. The van der Waals surface area contributed by atoms with Crippen molar-refractivity contribution in [1.82, 2.24) is 9.78 Å². The van der Waals surface area contributed by atoms with Gasteiger partial charge in [-0.25, -0.2) is 4.79 Å². The van der Waals surface area contributed by atoms with Gasteiger partial charge in [-0.2, -0.15) is 18.3 Å². The monoisotopic (exact) mass is 364 g/mol. The van der Waals surface area contributed by atoms with Crippen molar-refractivity contribution in [1.29, 1.82) is 0 Å². The Morgan fingerprint density at radius 1 is 1.35 bits per heavy atom. The van der Waals surface area contributed by atoms with Gasteiger partial charge in [-0.1, -0.05) is 23.7 Å². The van der Waals surface area contributed by atoms with Crippen molar-refractivity contribution in [2.75, 3.05) is 7.11 Å². The van der Waals surface area contributed by atoms with Crippen molar-refractivity contribution in [2.45, 2.75) is 17.0 Å². The molecule has 1 aromatic carbocycles. The number of thioether (sulfide) groups is 1. The molecule has 124 valence electrons. The molecule has 0 amide bonds. The maximum absolute atomic E-state index is 13.0. The first-order chi connectivity index (χ1) is 10.7. The van der Waals surface area contributed by atoms with Gasteiger partial charge in [0.1, 0.15) is 10.6 Å². The normalized spacial score (nSPS) is 11.6. The molecule has 1 aromatic heterocycles. The van der Waals surface area contributed by atoms with E-state index in [2.05, 4.69) is 9.84 Å². The number of methoxy groups -OCH3 is 1. The van der Waals surface area contributed by atoms with Crippen LogP contribution in [0.1, 0.15) is 21.6 Å². The summed E-state index contributed by atoms with van der Waals surface area (Å²) in [4.78, 5) is 11.8. The molecule has 0 aliphatic rings. The second-order valence-electron chi connectivity index (χ2n) is 4.56. The minimum absolute atomic E-state index is 0.0964. The number of ether oxygens (including phenoxy) is 1. The van der Waals surface area contributed by atoms with Gasteiger partial charge in [0, 0.05) is 17.8 Å². The van der Waals surface area contributed by atoms with E-state index in [9.17, 15) is 18.0 Å². The zero-order valence-electron chi connectivity index (χ0n) is 12.1. The molecule has 1 heterocycles. The third-order valence-corrected chi connectivity index (χ3v) is 4.41. The number of esters is 1. The number of carbonyl (C=O) groups excluding carboxylic acids is 1. The van der Waals surface area contributed by atoms with E-state index in [1.165, 1.54) is 7.05 Å². The summed E-state index contributed by atoms with van der Waals surface area (Å²) in [6.07, 6.45) is -4.74. The molecular formula is C14H12ClF3N2O2S. The minimum atomic E-state index is -4.74. The van der Waals surface area contributed by atoms with Crippen LogP contribution in [0.25, 0.3) is 0 Å². The number of hydrogen-bond donors (Lipinski definition) is 0. The van der Waals surface area contributed by atoms with Gasteiger partial charge < -0.3 is 4.74 Å². The molecule has 0 N–H and O–H groups in total. The van der Waals surface area contributed by atoms with Crippen molar-refractivity contribution in [3.8, 4) is 0 Å². The standard InChI is InChI=1S/C14H12ClF3N2O2S/c1-20-12(23-7-8-3-5-9(15)6-4-8)10(13(21)22-2)11(19-20)14(16,17)18/h3-6H,7H2,1-2H3. The Morgan fingerprint density at radius 2 is 1.96 bits per heavy atom. The van der Waals surface area contributed by atoms with E-state index in [0.29, 0.717) is 10.8 Å². The number of halogens is 4. The van der Waals surface area contributed by atoms with Crippen LogP contribution in [0.2, 0.25) is 5.02 Å². The molecule has 0 aliphatic heterocycles. The average Bonchev–Trinajstić information content (AvgIpc) is 2.83. The van der Waals surface area contributed by atoms with E-state index in [1.807, 2.05) is 0 Å². The molecule has 0 spiro atoms. The first kappa shape index (κ1) is 17.7. The van der Waals surface area contributed by atoms with E-state index in [4.69, 9.17) is 11.6 Å². The summed E-state index contributed by atoms with van der Waals surface area (Å²) in [6, 6.07) is 6.88. The van der Waals surface area contributed by atoms with Gasteiger partial charge in [-0.05, 0) is 17.7 Å². The Kier molecular flexibility index (Phi) is 5.26. The van der Waals surface area contributed by atoms with Gasteiger partial charge in [-0.3, -0.25) is 4.68 Å². The van der Waals surface area contributed by atoms with Crippen molar-refractivity contribution < 1.29 is 22.7 Å². The van der Waals surface area contributed by atoms with Crippen molar-refractivity contribution in [3.63, 3.8) is 0 Å². The molecule has 4 nitrogen and oxygen atoms in total. The lowest BCUT2D eigenvalue weighted by atomic mass is 10.2. The fraction of sp³-hybridized carbons (Fsp3) is 0.286. The molecule has 0 saturated carbocycles. The summed E-state index contributed by atoms with van der Waals surface area (Å²) in [5.41, 5.74) is -0.961. The zero-order valence-corrected chi connectivity index (χ0v) is 13.7. The lowest BCUT2D eigenvalue weighted by molar-refractivity contribution is -0.142. The van der Waals surface area contributed by atoms with Crippen LogP contribution in [-0.2, 0) is 23.7 Å². The highest BCUT2D eigenvalue weighted by atomic mass is 35.5. The van der Waals surface area contributed by atoms with Crippen molar-refractivity contribution >= 4 is 29.3 Å². The van der Waals surface area contributed by atoms with E-state index in [0.717, 1.165) is 29.1 Å². The number of rotatable bonds is 4. The third kappa shape index (κ3) is 4.00. The summed E-state index contributed by atoms with van der Waals surface area (Å²) in [5.74, 6) is -0.707. The van der Waals surface area contributed by atoms with E-state index >= 15 is 0 Å². The zero-order chi connectivity index (χ0) is 17.2. The fourth-order valence-electron chi connectivity index (χ4n) is 1.89. The molecule has 0 atom stereocenters. The number of aryl methyl sites for hydroxylation is 1. The summed E-state index contributed by atoms with van der Waals surface area (Å²) in [6.45, 7) is 0. The maximum atomic E-state index is 13.0. The van der Waals surface area contributed by atoms with Crippen LogP contribution in [-0.4, -0.2) is 22.9 Å². The molecule has 23 heavy (non-hydrogen) atoms. The Hall–Kier alpha value is -1.67. The summed E-state index contributed by atoms with van der Waals surface area (Å²) >= 11 is 6.86. The minimum Gasteiger partial charge on any atom is -0.465 e. The van der Waals surface area contributed by atoms with Crippen LogP contribution in [0.3, 0.4) is 0 Å². The Morgan fingerprint density at radius 3 is 2.48 bits per heavy atom.